The summed E-state index contributed by atoms with van der Waals surface area (Å²) in [5.74, 6) is -2.42. The Labute approximate surface area is 133 Å². The lowest BCUT2D eigenvalue weighted by molar-refractivity contribution is -0.274. The second-order valence-electron chi connectivity index (χ2n) is 4.49. The molecule has 2 amide bonds. The number of benzene rings is 2. The van der Waals surface area contributed by atoms with Gasteiger partial charge in [-0.05, 0) is 48.5 Å². The van der Waals surface area contributed by atoms with Crippen LogP contribution in [0.3, 0.4) is 0 Å². The van der Waals surface area contributed by atoms with Crippen molar-refractivity contribution in [2.75, 3.05) is 0 Å². The molecule has 0 radical (unpaired) electrons. The number of alkyl halides is 3. The summed E-state index contributed by atoms with van der Waals surface area (Å²) >= 11 is 0. The zero-order valence-electron chi connectivity index (χ0n) is 11.9. The highest BCUT2D eigenvalue weighted by atomic mass is 19.4. The van der Waals surface area contributed by atoms with Crippen molar-refractivity contribution < 1.29 is 31.9 Å². The lowest BCUT2D eigenvalue weighted by Crippen LogP contribution is -2.41. The summed E-state index contributed by atoms with van der Waals surface area (Å²) in [4.78, 5) is 23.5. The highest BCUT2D eigenvalue weighted by Crippen LogP contribution is 2.22. The van der Waals surface area contributed by atoms with E-state index in [1.54, 1.807) is 0 Å². The van der Waals surface area contributed by atoms with Crippen LogP contribution < -0.4 is 15.6 Å². The van der Waals surface area contributed by atoms with Crippen molar-refractivity contribution >= 4 is 11.8 Å². The van der Waals surface area contributed by atoms with Gasteiger partial charge in [-0.2, -0.15) is 0 Å². The van der Waals surface area contributed by atoms with Crippen molar-refractivity contribution in [3.63, 3.8) is 0 Å². The molecule has 2 N–H and O–H groups in total. The van der Waals surface area contributed by atoms with Crippen LogP contribution in [0.15, 0.2) is 48.5 Å². The Kier molecular flexibility index (Phi) is 5.02. The summed E-state index contributed by atoms with van der Waals surface area (Å²) < 4.78 is 52.5. The maximum absolute atomic E-state index is 12.7. The van der Waals surface area contributed by atoms with Crippen molar-refractivity contribution in [2.24, 2.45) is 0 Å². The minimum atomic E-state index is -4.83. The van der Waals surface area contributed by atoms with Gasteiger partial charge in [-0.25, -0.2) is 4.39 Å². The van der Waals surface area contributed by atoms with Gasteiger partial charge >= 0.3 is 6.36 Å². The van der Waals surface area contributed by atoms with E-state index < -0.39 is 29.7 Å². The van der Waals surface area contributed by atoms with E-state index in [1.165, 1.54) is 12.1 Å². The second kappa shape index (κ2) is 6.99. The van der Waals surface area contributed by atoms with Crippen molar-refractivity contribution in [1.29, 1.82) is 0 Å². The van der Waals surface area contributed by atoms with Crippen molar-refractivity contribution in [2.45, 2.75) is 6.36 Å². The number of carbonyl (C=O) groups excluding carboxylic acids is 2. The van der Waals surface area contributed by atoms with Gasteiger partial charge in [0.2, 0.25) is 0 Å². The molecule has 0 aromatic heterocycles. The van der Waals surface area contributed by atoms with E-state index in [0.29, 0.717) is 0 Å². The zero-order valence-corrected chi connectivity index (χ0v) is 11.9. The van der Waals surface area contributed by atoms with Crippen molar-refractivity contribution in [3.8, 4) is 5.75 Å². The smallest absolute Gasteiger partial charge is 0.406 e. The maximum atomic E-state index is 12.7. The summed E-state index contributed by atoms with van der Waals surface area (Å²) in [6.45, 7) is 0. The Morgan fingerprint density at radius 3 is 1.62 bits per heavy atom. The van der Waals surface area contributed by atoms with E-state index in [4.69, 9.17) is 0 Å². The number of nitrogens with one attached hydrogen (secondary N) is 2. The van der Waals surface area contributed by atoms with Crippen LogP contribution in [-0.4, -0.2) is 18.2 Å². The predicted octanol–water partition coefficient (Wildman–Crippen LogP) is 2.80. The van der Waals surface area contributed by atoms with Gasteiger partial charge in [0.15, 0.2) is 0 Å². The summed E-state index contributed by atoms with van der Waals surface area (Å²) in [6, 6.07) is 8.72. The molecule has 0 atom stereocenters. The molecule has 5 nitrogen and oxygen atoms in total. The number of halogens is 4. The summed E-state index contributed by atoms with van der Waals surface area (Å²) in [6.07, 6.45) is -4.83. The molecule has 0 saturated carbocycles. The molecule has 0 heterocycles. The second-order valence-corrected chi connectivity index (χ2v) is 4.49. The van der Waals surface area contributed by atoms with Crippen LogP contribution in [0.25, 0.3) is 0 Å². The van der Waals surface area contributed by atoms with Crippen LogP contribution in [0.5, 0.6) is 5.75 Å². The topological polar surface area (TPSA) is 67.4 Å². The van der Waals surface area contributed by atoms with Gasteiger partial charge in [0.05, 0.1) is 0 Å². The minimum absolute atomic E-state index is 0.00364. The Bertz CT molecular complexity index is 728. The third-order valence-electron chi connectivity index (χ3n) is 2.75. The Morgan fingerprint density at radius 2 is 1.21 bits per heavy atom. The van der Waals surface area contributed by atoms with Gasteiger partial charge in [-0.3, -0.25) is 20.4 Å². The molecular formula is C15H10F4N2O3. The van der Waals surface area contributed by atoms with Crippen LogP contribution in [0.4, 0.5) is 17.6 Å². The molecule has 0 aliphatic rings. The third-order valence-corrected chi connectivity index (χ3v) is 2.75. The summed E-state index contributed by atoms with van der Waals surface area (Å²) in [5, 5.41) is 0. The molecule has 126 valence electrons. The fraction of sp³-hybridized carbons (Fsp3) is 0.0667. The van der Waals surface area contributed by atoms with E-state index >= 15 is 0 Å². The molecule has 0 fully saturated rings. The zero-order chi connectivity index (χ0) is 17.7. The maximum Gasteiger partial charge on any atom is 0.573 e. The number of amides is 2. The largest absolute Gasteiger partial charge is 0.573 e. The number of hydrogen-bond donors (Lipinski definition) is 2. The van der Waals surface area contributed by atoms with Gasteiger partial charge in [-0.15, -0.1) is 13.2 Å². The van der Waals surface area contributed by atoms with Crippen molar-refractivity contribution in [1.82, 2.24) is 10.9 Å². The first-order chi connectivity index (χ1) is 11.2. The number of hydrazine groups is 1. The van der Waals surface area contributed by atoms with E-state index in [0.717, 1.165) is 36.4 Å². The van der Waals surface area contributed by atoms with Crippen LogP contribution in [0.2, 0.25) is 0 Å². The molecule has 24 heavy (non-hydrogen) atoms. The predicted molar refractivity (Wildman–Crippen MR) is 74.5 cm³/mol. The number of hydrogen-bond acceptors (Lipinski definition) is 3. The van der Waals surface area contributed by atoms with Gasteiger partial charge in [0.25, 0.3) is 11.8 Å². The van der Waals surface area contributed by atoms with E-state index in [9.17, 15) is 27.2 Å². The number of carbonyl (C=O) groups is 2. The van der Waals surface area contributed by atoms with Gasteiger partial charge in [0, 0.05) is 11.1 Å². The quantitative estimate of drug-likeness (QED) is 0.666. The highest BCUT2D eigenvalue weighted by molar-refractivity contribution is 5.99. The molecule has 0 spiro atoms. The third kappa shape index (κ3) is 4.97. The first-order valence-corrected chi connectivity index (χ1v) is 6.47. The lowest BCUT2D eigenvalue weighted by Gasteiger charge is -2.10. The molecule has 0 bridgehead atoms. The fourth-order valence-electron chi connectivity index (χ4n) is 1.67. The Balaban J connectivity index is 1.92. The first kappa shape index (κ1) is 17.3. The molecule has 0 aliphatic carbocycles. The number of ether oxygens (including phenoxy) is 1. The van der Waals surface area contributed by atoms with E-state index in [-0.39, 0.29) is 11.1 Å². The number of rotatable bonds is 3. The molecule has 2 aromatic rings. The average molecular weight is 342 g/mol. The van der Waals surface area contributed by atoms with Gasteiger partial charge < -0.3 is 4.74 Å². The lowest BCUT2D eigenvalue weighted by atomic mass is 10.2. The summed E-state index contributed by atoms with van der Waals surface area (Å²) in [5.41, 5.74) is 4.30. The van der Waals surface area contributed by atoms with Gasteiger partial charge in [0.1, 0.15) is 11.6 Å². The van der Waals surface area contributed by atoms with Crippen LogP contribution >= 0.6 is 0 Å². The van der Waals surface area contributed by atoms with Crippen molar-refractivity contribution in [3.05, 3.63) is 65.5 Å². The highest BCUT2D eigenvalue weighted by Gasteiger charge is 2.31. The monoisotopic (exact) mass is 342 g/mol. The molecular weight excluding hydrogens is 332 g/mol. The fourth-order valence-corrected chi connectivity index (χ4v) is 1.67. The average Bonchev–Trinajstić information content (AvgIpc) is 2.52. The van der Waals surface area contributed by atoms with E-state index in [2.05, 4.69) is 15.6 Å². The van der Waals surface area contributed by atoms with Crippen LogP contribution in [0.1, 0.15) is 20.7 Å². The standard InChI is InChI=1S/C15H10F4N2O3/c16-11-5-1-9(2-6-11)13(22)20-21-14(23)10-3-7-12(8-4-10)24-15(17,18)19/h1-8H,(H,20,22)(H,21,23). The van der Waals surface area contributed by atoms with Crippen LogP contribution in [-0.2, 0) is 0 Å². The first-order valence-electron chi connectivity index (χ1n) is 6.47. The van der Waals surface area contributed by atoms with E-state index in [1.807, 2.05) is 0 Å². The van der Waals surface area contributed by atoms with Crippen LogP contribution in [0, 0.1) is 5.82 Å². The molecule has 0 aliphatic heterocycles. The normalized spacial score (nSPS) is 10.8. The molecule has 9 heteroatoms. The minimum Gasteiger partial charge on any atom is -0.406 e. The molecule has 0 unspecified atom stereocenters. The molecule has 2 rings (SSSR count). The summed E-state index contributed by atoms with van der Waals surface area (Å²) in [7, 11) is 0. The molecule has 0 saturated heterocycles. The Hall–Kier alpha value is -3.10. The molecule has 2 aromatic carbocycles. The SMILES string of the molecule is O=C(NNC(=O)c1ccc(OC(F)(F)F)cc1)c1ccc(F)cc1. The van der Waals surface area contributed by atoms with Gasteiger partial charge in [-0.1, -0.05) is 0 Å². The Morgan fingerprint density at radius 1 is 0.792 bits per heavy atom.